The highest BCUT2D eigenvalue weighted by Crippen LogP contribution is 2.28. The number of anilines is 1. The van der Waals surface area contributed by atoms with Crippen LogP contribution in [0.15, 0.2) is 18.2 Å². The Morgan fingerprint density at radius 3 is 2.89 bits per heavy atom. The highest BCUT2D eigenvalue weighted by Gasteiger charge is 2.27. The molecule has 0 saturated heterocycles. The molecular weight excluding hydrogens is 244 g/mol. The lowest BCUT2D eigenvalue weighted by molar-refractivity contribution is 0.0420. The van der Waals surface area contributed by atoms with Gasteiger partial charge in [-0.25, -0.2) is 0 Å². The molecule has 1 aromatic rings. The summed E-state index contributed by atoms with van der Waals surface area (Å²) in [6.45, 7) is 2.89. The SMILES string of the molecule is CCOc1c(N)cccc1C(=O)NCC1CC(O)C1. The minimum Gasteiger partial charge on any atom is -0.491 e. The highest BCUT2D eigenvalue weighted by molar-refractivity contribution is 5.98. The van der Waals surface area contributed by atoms with Crippen molar-refractivity contribution in [3.63, 3.8) is 0 Å². The second-order valence-electron chi connectivity index (χ2n) is 4.86. The second-order valence-corrected chi connectivity index (χ2v) is 4.86. The molecule has 1 saturated carbocycles. The molecule has 1 amide bonds. The molecule has 0 aromatic heterocycles. The molecule has 0 spiro atoms. The molecule has 1 fully saturated rings. The number of para-hydroxylation sites is 1. The lowest BCUT2D eigenvalue weighted by atomic mass is 9.82. The third-order valence-electron chi connectivity index (χ3n) is 3.34. The van der Waals surface area contributed by atoms with Gasteiger partial charge in [0, 0.05) is 6.54 Å². The summed E-state index contributed by atoms with van der Waals surface area (Å²) < 4.78 is 5.43. The Hall–Kier alpha value is -1.75. The fourth-order valence-electron chi connectivity index (χ4n) is 2.24. The molecule has 2 rings (SSSR count). The number of ether oxygens (including phenoxy) is 1. The van der Waals surface area contributed by atoms with Crippen LogP contribution in [-0.4, -0.2) is 30.3 Å². The third-order valence-corrected chi connectivity index (χ3v) is 3.34. The Morgan fingerprint density at radius 1 is 1.53 bits per heavy atom. The highest BCUT2D eigenvalue weighted by atomic mass is 16.5. The molecule has 5 heteroatoms. The maximum atomic E-state index is 12.1. The van der Waals surface area contributed by atoms with Crippen LogP contribution in [0, 0.1) is 5.92 Å². The van der Waals surface area contributed by atoms with Gasteiger partial charge in [-0.05, 0) is 37.8 Å². The quantitative estimate of drug-likeness (QED) is 0.697. The first kappa shape index (κ1) is 13.7. The molecule has 1 aliphatic rings. The summed E-state index contributed by atoms with van der Waals surface area (Å²) in [7, 11) is 0. The molecule has 0 radical (unpaired) electrons. The fraction of sp³-hybridized carbons (Fsp3) is 0.500. The molecule has 104 valence electrons. The van der Waals surface area contributed by atoms with Crippen molar-refractivity contribution < 1.29 is 14.6 Å². The van der Waals surface area contributed by atoms with Gasteiger partial charge in [-0.3, -0.25) is 4.79 Å². The van der Waals surface area contributed by atoms with E-state index < -0.39 is 0 Å². The monoisotopic (exact) mass is 264 g/mol. The van der Waals surface area contributed by atoms with Gasteiger partial charge >= 0.3 is 0 Å². The van der Waals surface area contributed by atoms with Crippen molar-refractivity contribution in [3.05, 3.63) is 23.8 Å². The largest absolute Gasteiger partial charge is 0.491 e. The normalized spacial score (nSPS) is 21.6. The molecule has 0 heterocycles. The van der Waals surface area contributed by atoms with E-state index in [9.17, 15) is 9.90 Å². The van der Waals surface area contributed by atoms with Crippen LogP contribution in [0.1, 0.15) is 30.1 Å². The summed E-state index contributed by atoms with van der Waals surface area (Å²) >= 11 is 0. The number of amides is 1. The molecule has 19 heavy (non-hydrogen) atoms. The van der Waals surface area contributed by atoms with Gasteiger partial charge in [0.05, 0.1) is 24.0 Å². The van der Waals surface area contributed by atoms with Gasteiger partial charge in [-0.15, -0.1) is 0 Å². The van der Waals surface area contributed by atoms with Crippen molar-refractivity contribution in [2.45, 2.75) is 25.9 Å². The van der Waals surface area contributed by atoms with E-state index in [1.165, 1.54) is 0 Å². The molecular formula is C14H20N2O3. The van der Waals surface area contributed by atoms with Crippen molar-refractivity contribution in [2.24, 2.45) is 5.92 Å². The number of nitrogens with two attached hydrogens (primary N) is 1. The smallest absolute Gasteiger partial charge is 0.255 e. The van der Waals surface area contributed by atoms with Crippen molar-refractivity contribution >= 4 is 11.6 Å². The van der Waals surface area contributed by atoms with E-state index in [0.29, 0.717) is 36.1 Å². The van der Waals surface area contributed by atoms with E-state index in [2.05, 4.69) is 5.32 Å². The summed E-state index contributed by atoms with van der Waals surface area (Å²) in [6, 6.07) is 5.15. The van der Waals surface area contributed by atoms with E-state index in [1.807, 2.05) is 6.92 Å². The zero-order valence-electron chi connectivity index (χ0n) is 11.1. The molecule has 5 nitrogen and oxygen atoms in total. The predicted octanol–water partition coefficient (Wildman–Crippen LogP) is 1.17. The molecule has 4 N–H and O–H groups in total. The van der Waals surface area contributed by atoms with Crippen LogP contribution >= 0.6 is 0 Å². The Kier molecular flexibility index (Phi) is 4.27. The van der Waals surface area contributed by atoms with Crippen LogP contribution in [0.2, 0.25) is 0 Å². The van der Waals surface area contributed by atoms with Gasteiger partial charge in [0.25, 0.3) is 5.91 Å². The van der Waals surface area contributed by atoms with Gasteiger partial charge in [-0.2, -0.15) is 0 Å². The van der Waals surface area contributed by atoms with Crippen molar-refractivity contribution in [1.29, 1.82) is 0 Å². The van der Waals surface area contributed by atoms with Gasteiger partial charge in [0.15, 0.2) is 5.75 Å². The summed E-state index contributed by atoms with van der Waals surface area (Å²) in [5.41, 5.74) is 6.74. The average molecular weight is 264 g/mol. The van der Waals surface area contributed by atoms with Crippen LogP contribution in [0.25, 0.3) is 0 Å². The molecule has 0 atom stereocenters. The Bertz CT molecular complexity index is 456. The zero-order valence-corrected chi connectivity index (χ0v) is 11.1. The number of hydrogen-bond donors (Lipinski definition) is 3. The van der Waals surface area contributed by atoms with Crippen LogP contribution in [0.5, 0.6) is 5.75 Å². The molecule has 1 aromatic carbocycles. The second kappa shape index (κ2) is 5.93. The third kappa shape index (κ3) is 3.17. The van der Waals surface area contributed by atoms with E-state index in [-0.39, 0.29) is 12.0 Å². The summed E-state index contributed by atoms with van der Waals surface area (Å²) in [4.78, 5) is 12.1. The molecule has 0 aliphatic heterocycles. The fourth-order valence-corrected chi connectivity index (χ4v) is 2.24. The van der Waals surface area contributed by atoms with Gasteiger partial charge in [0.2, 0.25) is 0 Å². The van der Waals surface area contributed by atoms with E-state index in [1.54, 1.807) is 18.2 Å². The first-order chi connectivity index (χ1) is 9.11. The van der Waals surface area contributed by atoms with Gasteiger partial charge < -0.3 is 20.9 Å². The van der Waals surface area contributed by atoms with Crippen molar-refractivity contribution in [3.8, 4) is 5.75 Å². The van der Waals surface area contributed by atoms with Crippen LogP contribution in [-0.2, 0) is 0 Å². The number of aliphatic hydroxyl groups excluding tert-OH is 1. The molecule has 1 aliphatic carbocycles. The summed E-state index contributed by atoms with van der Waals surface area (Å²) in [6.07, 6.45) is 1.32. The van der Waals surface area contributed by atoms with Crippen LogP contribution < -0.4 is 15.8 Å². The van der Waals surface area contributed by atoms with Crippen LogP contribution in [0.4, 0.5) is 5.69 Å². The molecule has 0 unspecified atom stereocenters. The first-order valence-electron chi connectivity index (χ1n) is 6.59. The lowest BCUT2D eigenvalue weighted by Gasteiger charge is -2.31. The summed E-state index contributed by atoms with van der Waals surface area (Å²) in [5, 5.41) is 12.1. The van der Waals surface area contributed by atoms with Gasteiger partial charge in [-0.1, -0.05) is 6.07 Å². The number of rotatable bonds is 5. The van der Waals surface area contributed by atoms with E-state index in [0.717, 1.165) is 12.8 Å². The topological polar surface area (TPSA) is 84.6 Å². The van der Waals surface area contributed by atoms with Gasteiger partial charge in [0.1, 0.15) is 0 Å². The lowest BCUT2D eigenvalue weighted by Crippen LogP contribution is -2.38. The zero-order chi connectivity index (χ0) is 13.8. The first-order valence-corrected chi connectivity index (χ1v) is 6.59. The minimum atomic E-state index is -0.201. The number of carbonyl (C=O) groups excluding carboxylic acids is 1. The summed E-state index contributed by atoms with van der Waals surface area (Å²) in [5.74, 6) is 0.629. The van der Waals surface area contributed by atoms with E-state index >= 15 is 0 Å². The standard InChI is InChI=1S/C14H20N2O3/c1-2-19-13-11(4-3-5-12(13)15)14(18)16-8-9-6-10(17)7-9/h3-5,9-10,17H,2,6-8,15H2,1H3,(H,16,18). The van der Waals surface area contributed by atoms with E-state index in [4.69, 9.17) is 10.5 Å². The number of hydrogen-bond acceptors (Lipinski definition) is 4. The Balaban J connectivity index is 1.99. The number of nitrogen functional groups attached to an aromatic ring is 1. The van der Waals surface area contributed by atoms with Crippen molar-refractivity contribution in [2.75, 3.05) is 18.9 Å². The number of aliphatic hydroxyl groups is 1. The predicted molar refractivity (Wildman–Crippen MR) is 73.1 cm³/mol. The minimum absolute atomic E-state index is 0.183. The maximum Gasteiger partial charge on any atom is 0.255 e. The maximum absolute atomic E-state index is 12.1. The Morgan fingerprint density at radius 2 is 2.26 bits per heavy atom. The van der Waals surface area contributed by atoms with Crippen LogP contribution in [0.3, 0.4) is 0 Å². The average Bonchev–Trinajstić information content (AvgIpc) is 2.35. The number of nitrogens with one attached hydrogen (secondary N) is 1. The number of carbonyl (C=O) groups is 1. The molecule has 0 bridgehead atoms. The Labute approximate surface area is 112 Å². The number of benzene rings is 1. The van der Waals surface area contributed by atoms with Crippen molar-refractivity contribution in [1.82, 2.24) is 5.32 Å².